The van der Waals surface area contributed by atoms with Crippen LogP contribution < -0.4 is 9.47 Å². The Kier molecular flexibility index (Phi) is 9.03. The number of methoxy groups -OCH3 is 1. The van der Waals surface area contributed by atoms with E-state index >= 15 is 0 Å². The molecule has 0 saturated carbocycles. The van der Waals surface area contributed by atoms with Crippen molar-refractivity contribution in [2.75, 3.05) is 7.11 Å². The normalized spacial score (nSPS) is 15.3. The van der Waals surface area contributed by atoms with Crippen LogP contribution in [0, 0.1) is 5.92 Å². The number of hydrogen-bond donors (Lipinski definition) is 5. The number of carbonyl (C=O) groups excluding carboxylic acids is 2. The molecule has 224 valence electrons. The van der Waals surface area contributed by atoms with Crippen molar-refractivity contribution >= 4 is 11.6 Å². The van der Waals surface area contributed by atoms with Crippen LogP contribution in [0.15, 0.2) is 11.6 Å². The Balaban J connectivity index is 2.53. The molecular weight excluding hydrogens is 528 g/mol. The number of allylic oxidation sites excluding steroid dienone is 2. The van der Waals surface area contributed by atoms with Crippen molar-refractivity contribution in [1.82, 2.24) is 0 Å². The number of ether oxygens (including phenoxy) is 2. The van der Waals surface area contributed by atoms with E-state index in [-0.39, 0.29) is 75.8 Å². The summed E-state index contributed by atoms with van der Waals surface area (Å²) in [4.78, 5) is 25.5. The molecule has 2 unspecified atom stereocenters. The van der Waals surface area contributed by atoms with Gasteiger partial charge in [-0.15, -0.1) is 0 Å². The number of phenolic OH excluding ortho intramolecular Hbond substituents is 4. The van der Waals surface area contributed by atoms with E-state index in [1.807, 2.05) is 33.8 Å². The fourth-order valence-electron chi connectivity index (χ4n) is 5.52. The third-order valence-corrected chi connectivity index (χ3v) is 7.53. The van der Waals surface area contributed by atoms with Gasteiger partial charge in [0.2, 0.25) is 0 Å². The summed E-state index contributed by atoms with van der Waals surface area (Å²) in [6.07, 6.45) is 1.51. The molecule has 0 saturated heterocycles. The van der Waals surface area contributed by atoms with E-state index in [4.69, 9.17) is 9.47 Å². The minimum absolute atomic E-state index is 0.0325. The van der Waals surface area contributed by atoms with E-state index in [0.29, 0.717) is 0 Å². The van der Waals surface area contributed by atoms with E-state index in [1.54, 1.807) is 13.8 Å². The van der Waals surface area contributed by atoms with Gasteiger partial charge in [0.15, 0.2) is 11.6 Å². The first-order valence-corrected chi connectivity index (χ1v) is 13.7. The van der Waals surface area contributed by atoms with E-state index in [1.165, 1.54) is 21.0 Å². The molecule has 41 heavy (non-hydrogen) atoms. The first-order valence-electron chi connectivity index (χ1n) is 13.7. The SMILES string of the molecule is COc1c(CC=C(C)C)c(O)c(C(CC(C)C)c2c(O)c(C(C)=O)c(O)c3c2OC(C(C)(C)O)C3)c(O)c1C(C)=O. The van der Waals surface area contributed by atoms with Crippen molar-refractivity contribution in [3.63, 3.8) is 0 Å². The Morgan fingerprint density at radius 2 is 1.51 bits per heavy atom. The van der Waals surface area contributed by atoms with E-state index in [0.717, 1.165) is 5.57 Å². The molecule has 3 rings (SSSR count). The summed E-state index contributed by atoms with van der Waals surface area (Å²) in [7, 11) is 1.35. The summed E-state index contributed by atoms with van der Waals surface area (Å²) in [5.74, 6) is -3.89. The zero-order chi connectivity index (χ0) is 31.1. The van der Waals surface area contributed by atoms with Crippen molar-refractivity contribution in [2.24, 2.45) is 5.92 Å². The Hall–Kier alpha value is -3.72. The molecule has 1 aliphatic heterocycles. The van der Waals surface area contributed by atoms with Gasteiger partial charge in [-0.25, -0.2) is 0 Å². The molecule has 0 spiro atoms. The fraction of sp³-hybridized carbons (Fsp3) is 0.500. The average Bonchev–Trinajstić information content (AvgIpc) is 3.28. The molecule has 9 heteroatoms. The number of aliphatic hydroxyl groups is 1. The number of rotatable bonds is 10. The lowest BCUT2D eigenvalue weighted by molar-refractivity contribution is -0.0233. The number of benzene rings is 2. The molecule has 0 aliphatic carbocycles. The Morgan fingerprint density at radius 1 is 0.951 bits per heavy atom. The number of fused-ring (bicyclic) bond motifs is 1. The molecule has 2 aromatic carbocycles. The van der Waals surface area contributed by atoms with Gasteiger partial charge >= 0.3 is 0 Å². The van der Waals surface area contributed by atoms with Gasteiger partial charge in [0.1, 0.15) is 51.7 Å². The number of phenols is 4. The maximum absolute atomic E-state index is 12.9. The Labute approximate surface area is 241 Å². The molecule has 0 bridgehead atoms. The third-order valence-electron chi connectivity index (χ3n) is 7.53. The van der Waals surface area contributed by atoms with Crippen LogP contribution in [-0.4, -0.2) is 55.9 Å². The molecule has 0 fully saturated rings. The molecule has 0 aromatic heterocycles. The molecular formula is C32H42O9. The number of hydrogen-bond acceptors (Lipinski definition) is 9. The summed E-state index contributed by atoms with van der Waals surface area (Å²) in [6, 6.07) is 0. The van der Waals surface area contributed by atoms with Gasteiger partial charge in [-0.3, -0.25) is 9.59 Å². The molecule has 0 amide bonds. The summed E-state index contributed by atoms with van der Waals surface area (Å²) in [5, 5.41) is 56.7. The van der Waals surface area contributed by atoms with Crippen LogP contribution in [0.5, 0.6) is 34.5 Å². The third kappa shape index (κ3) is 5.86. The van der Waals surface area contributed by atoms with Crippen molar-refractivity contribution in [1.29, 1.82) is 0 Å². The molecule has 1 aliphatic rings. The maximum Gasteiger partial charge on any atom is 0.167 e. The highest BCUT2D eigenvalue weighted by Crippen LogP contribution is 2.57. The van der Waals surface area contributed by atoms with Crippen LogP contribution >= 0.6 is 0 Å². The summed E-state index contributed by atoms with van der Waals surface area (Å²) in [6.45, 7) is 13.2. The predicted molar refractivity (Wildman–Crippen MR) is 155 cm³/mol. The molecule has 9 nitrogen and oxygen atoms in total. The van der Waals surface area contributed by atoms with E-state index < -0.39 is 46.4 Å². The number of carbonyl (C=O) groups is 2. The second-order valence-electron chi connectivity index (χ2n) is 12.0. The van der Waals surface area contributed by atoms with Crippen molar-refractivity contribution in [2.45, 2.75) is 92.3 Å². The van der Waals surface area contributed by atoms with Gasteiger partial charge in [-0.2, -0.15) is 0 Å². The Morgan fingerprint density at radius 3 is 1.98 bits per heavy atom. The van der Waals surface area contributed by atoms with Crippen molar-refractivity contribution in [3.05, 3.63) is 45.0 Å². The largest absolute Gasteiger partial charge is 0.507 e. The molecule has 0 radical (unpaired) electrons. The average molecular weight is 571 g/mol. The quantitative estimate of drug-likeness (QED) is 0.179. The van der Waals surface area contributed by atoms with Gasteiger partial charge in [0.05, 0.1) is 12.7 Å². The first-order chi connectivity index (χ1) is 18.9. The number of aromatic hydroxyl groups is 4. The summed E-state index contributed by atoms with van der Waals surface area (Å²) < 4.78 is 11.7. The van der Waals surface area contributed by atoms with Crippen molar-refractivity contribution in [3.8, 4) is 34.5 Å². The highest BCUT2D eigenvalue weighted by molar-refractivity contribution is 6.02. The smallest absolute Gasteiger partial charge is 0.167 e. The van der Waals surface area contributed by atoms with Gasteiger partial charge in [-0.1, -0.05) is 25.5 Å². The van der Waals surface area contributed by atoms with Crippen LogP contribution in [0.4, 0.5) is 0 Å². The molecule has 5 N–H and O–H groups in total. The number of ketones is 2. The zero-order valence-corrected chi connectivity index (χ0v) is 25.3. The van der Waals surface area contributed by atoms with Crippen LogP contribution in [0.1, 0.15) is 111 Å². The van der Waals surface area contributed by atoms with Crippen LogP contribution in [0.2, 0.25) is 0 Å². The summed E-state index contributed by atoms with van der Waals surface area (Å²) in [5.41, 5.74) is -0.288. The zero-order valence-electron chi connectivity index (χ0n) is 25.3. The highest BCUT2D eigenvalue weighted by atomic mass is 16.5. The van der Waals surface area contributed by atoms with Crippen LogP contribution in [0.25, 0.3) is 0 Å². The fourth-order valence-corrected chi connectivity index (χ4v) is 5.52. The maximum atomic E-state index is 12.9. The lowest BCUT2D eigenvalue weighted by Gasteiger charge is -2.29. The number of Topliss-reactive ketones (excluding diaryl/α,β-unsaturated/α-hetero) is 2. The van der Waals surface area contributed by atoms with Crippen molar-refractivity contribution < 1.29 is 44.6 Å². The predicted octanol–water partition coefficient (Wildman–Crippen LogP) is 5.68. The topological polar surface area (TPSA) is 154 Å². The van der Waals surface area contributed by atoms with E-state index in [9.17, 15) is 35.1 Å². The van der Waals surface area contributed by atoms with Gasteiger partial charge < -0.3 is 35.0 Å². The molecule has 2 aromatic rings. The van der Waals surface area contributed by atoms with Gasteiger partial charge in [0, 0.05) is 34.6 Å². The monoisotopic (exact) mass is 570 g/mol. The Bertz CT molecular complexity index is 1410. The lowest BCUT2D eigenvalue weighted by atomic mass is 9.78. The first kappa shape index (κ1) is 31.8. The van der Waals surface area contributed by atoms with Gasteiger partial charge in [-0.05, 0) is 60.3 Å². The highest BCUT2D eigenvalue weighted by Gasteiger charge is 2.43. The summed E-state index contributed by atoms with van der Waals surface area (Å²) >= 11 is 0. The minimum atomic E-state index is -1.34. The lowest BCUT2D eigenvalue weighted by Crippen LogP contribution is -2.39. The second-order valence-corrected chi connectivity index (χ2v) is 12.0. The van der Waals surface area contributed by atoms with Crippen LogP contribution in [0.3, 0.4) is 0 Å². The van der Waals surface area contributed by atoms with Gasteiger partial charge in [0.25, 0.3) is 0 Å². The second kappa shape index (κ2) is 11.6. The van der Waals surface area contributed by atoms with Crippen LogP contribution in [-0.2, 0) is 12.8 Å². The molecule has 1 heterocycles. The minimum Gasteiger partial charge on any atom is -0.507 e. The van der Waals surface area contributed by atoms with E-state index in [2.05, 4.69) is 0 Å². The standard InChI is InChI=1S/C32H42O9/c1-14(2)10-11-18-26(35)24(29(38)23(17(6)34)30(18)40-9)19(12-15(3)4)25-28(37)22(16(5)33)27(36)20-13-21(32(7,8)39)41-31(20)25/h10,15,19,21,35-39H,11-13H2,1-9H3. The molecule has 2 atom stereocenters.